The number of nitrogens with one attached hydrogen (secondary N) is 4. The predicted octanol–water partition coefficient (Wildman–Crippen LogP) is 2.45. The summed E-state index contributed by atoms with van der Waals surface area (Å²) < 4.78 is 0. The van der Waals surface area contributed by atoms with Gasteiger partial charge in [-0.05, 0) is 103 Å². The van der Waals surface area contributed by atoms with Crippen molar-refractivity contribution < 1.29 is 54.0 Å². The van der Waals surface area contributed by atoms with Crippen molar-refractivity contribution in [1.82, 2.24) is 31.1 Å². The van der Waals surface area contributed by atoms with Crippen LogP contribution in [0.15, 0.2) is 103 Å². The first kappa shape index (κ1) is 51.9. The van der Waals surface area contributed by atoms with E-state index in [4.69, 9.17) is 5.73 Å². The third-order valence-electron chi connectivity index (χ3n) is 12.6. The lowest BCUT2D eigenvalue weighted by molar-refractivity contribution is -0.145. The Balaban J connectivity index is 1.19. The molecule has 4 aromatic rings. The summed E-state index contributed by atoms with van der Waals surface area (Å²) in [6.07, 6.45) is 1.61. The average molecular weight is 962 g/mol. The van der Waals surface area contributed by atoms with Gasteiger partial charge in [0.15, 0.2) is 0 Å². The van der Waals surface area contributed by atoms with Crippen molar-refractivity contribution in [3.05, 3.63) is 125 Å². The maximum absolute atomic E-state index is 14.8. The molecule has 0 unspecified atom stereocenters. The minimum absolute atomic E-state index is 0.0110. The van der Waals surface area contributed by atoms with Crippen molar-refractivity contribution in [2.75, 3.05) is 13.1 Å². The number of nitrogens with two attached hydrogens (primary N) is 1. The number of carboxylic acid groups (broad SMARTS) is 1. The zero-order valence-corrected chi connectivity index (χ0v) is 39.3. The Morgan fingerprint density at radius 2 is 0.929 bits per heavy atom. The van der Waals surface area contributed by atoms with E-state index < -0.39 is 83.7 Å². The first-order valence-electron chi connectivity index (χ1n) is 23.6. The van der Waals surface area contributed by atoms with Crippen LogP contribution in [0.3, 0.4) is 0 Å². The number of carboxylic acids is 1. The van der Waals surface area contributed by atoms with E-state index in [1.54, 1.807) is 24.3 Å². The highest BCUT2D eigenvalue weighted by Crippen LogP contribution is 2.24. The average Bonchev–Trinajstić information content (AvgIpc) is 4.04. The fraction of sp³-hybridized carbons (Fsp3) is 0.404. The number of hydrogen-bond donors (Lipinski definition) is 9. The zero-order chi connectivity index (χ0) is 50.5. The lowest BCUT2D eigenvalue weighted by Crippen LogP contribution is -2.60. The van der Waals surface area contributed by atoms with Gasteiger partial charge in [0.1, 0.15) is 53.5 Å². The zero-order valence-electron chi connectivity index (χ0n) is 39.3. The van der Waals surface area contributed by atoms with Crippen molar-refractivity contribution in [1.29, 1.82) is 0 Å². The number of nitrogens with zero attached hydrogens (tertiary/aromatic N) is 2. The van der Waals surface area contributed by atoms with E-state index >= 15 is 0 Å². The fourth-order valence-corrected chi connectivity index (χ4v) is 8.96. The van der Waals surface area contributed by atoms with Gasteiger partial charge in [0.2, 0.25) is 35.4 Å². The first-order chi connectivity index (χ1) is 33.4. The minimum Gasteiger partial charge on any atom is -0.508 e. The molecule has 2 fully saturated rings. The molecule has 0 saturated carbocycles. The van der Waals surface area contributed by atoms with Gasteiger partial charge in [-0.2, -0.15) is 0 Å². The summed E-state index contributed by atoms with van der Waals surface area (Å²) in [7, 11) is 0. The number of benzene rings is 4. The van der Waals surface area contributed by atoms with Crippen molar-refractivity contribution in [2.45, 2.75) is 114 Å². The second kappa shape index (κ2) is 24.2. The Kier molecular flexibility index (Phi) is 17.9. The quantitative estimate of drug-likeness (QED) is 0.0583. The Hall–Kier alpha value is -7.47. The summed E-state index contributed by atoms with van der Waals surface area (Å²) in [5.41, 5.74) is 8.78. The maximum atomic E-state index is 14.8. The van der Waals surface area contributed by atoms with Crippen molar-refractivity contribution in [3.8, 4) is 17.2 Å². The van der Waals surface area contributed by atoms with Crippen LogP contribution >= 0.6 is 0 Å². The van der Waals surface area contributed by atoms with E-state index in [0.717, 1.165) is 5.56 Å². The Labute approximate surface area is 406 Å². The van der Waals surface area contributed by atoms with E-state index in [9.17, 15) is 54.0 Å². The molecule has 18 nitrogen and oxygen atoms in total. The second-order valence-electron chi connectivity index (χ2n) is 18.5. The number of carbonyl (C=O) groups excluding carboxylic acids is 6. The normalized spacial score (nSPS) is 17.7. The summed E-state index contributed by atoms with van der Waals surface area (Å²) in [6.45, 7) is 4.18. The molecule has 7 atom stereocenters. The van der Waals surface area contributed by atoms with Crippen LogP contribution in [0.5, 0.6) is 17.2 Å². The van der Waals surface area contributed by atoms with E-state index in [1.165, 1.54) is 58.3 Å². The summed E-state index contributed by atoms with van der Waals surface area (Å²) >= 11 is 0. The molecule has 0 radical (unpaired) electrons. The number of likely N-dealkylation sites (tertiary alicyclic amines) is 2. The third kappa shape index (κ3) is 14.3. The minimum atomic E-state index is -1.42. The van der Waals surface area contributed by atoms with Crippen LogP contribution in [-0.4, -0.2) is 127 Å². The second-order valence-corrected chi connectivity index (χ2v) is 18.5. The van der Waals surface area contributed by atoms with Gasteiger partial charge in [-0.3, -0.25) is 28.8 Å². The summed E-state index contributed by atoms with van der Waals surface area (Å²) in [5.74, 6) is -5.10. The summed E-state index contributed by atoms with van der Waals surface area (Å²) in [6, 6.07) is 19.1. The van der Waals surface area contributed by atoms with Crippen molar-refractivity contribution in [2.24, 2.45) is 11.7 Å². The van der Waals surface area contributed by atoms with Crippen molar-refractivity contribution >= 4 is 41.4 Å². The smallest absolute Gasteiger partial charge is 0.326 e. The molecule has 2 aliphatic heterocycles. The molecule has 2 heterocycles. The van der Waals surface area contributed by atoms with Gasteiger partial charge >= 0.3 is 5.97 Å². The van der Waals surface area contributed by atoms with Gasteiger partial charge in [0.25, 0.3) is 0 Å². The predicted molar refractivity (Wildman–Crippen MR) is 258 cm³/mol. The molecule has 10 N–H and O–H groups in total. The van der Waals surface area contributed by atoms with Gasteiger partial charge in [0.05, 0.1) is 6.04 Å². The number of hydrogen-bond acceptors (Lipinski definition) is 11. The molecule has 6 rings (SSSR count). The van der Waals surface area contributed by atoms with Crippen LogP contribution in [0.1, 0.15) is 68.2 Å². The number of carbonyl (C=O) groups is 7. The SMILES string of the molecule is CC(C)C[C@H](NC(=O)[C@@H](N)Cc1ccccc1)C(=O)N1CCC[C@H]1C(=O)N[C@@H](Cc1ccc(O)cc1)C(=O)N1CCC[C@H]1C(=O)N[C@@H](Cc1ccc(O)cc1)C(=O)N[C@@H](Cc1ccc(O)cc1)C(=O)O. The highest BCUT2D eigenvalue weighted by Gasteiger charge is 2.43. The van der Waals surface area contributed by atoms with Crippen LogP contribution in [0.25, 0.3) is 0 Å². The molecule has 70 heavy (non-hydrogen) atoms. The lowest BCUT2D eigenvalue weighted by Gasteiger charge is -2.32. The summed E-state index contributed by atoms with van der Waals surface area (Å²) in [4.78, 5) is 100. The molecule has 0 aromatic heterocycles. The number of amides is 6. The van der Waals surface area contributed by atoms with E-state index in [1.807, 2.05) is 44.2 Å². The number of aliphatic carboxylic acids is 1. The number of rotatable bonds is 21. The highest BCUT2D eigenvalue weighted by atomic mass is 16.4. The molecule has 372 valence electrons. The summed E-state index contributed by atoms with van der Waals surface area (Å²) in [5, 5.41) is 50.7. The number of phenols is 3. The highest BCUT2D eigenvalue weighted by molar-refractivity contribution is 5.97. The Morgan fingerprint density at radius 3 is 1.39 bits per heavy atom. The fourth-order valence-electron chi connectivity index (χ4n) is 8.96. The van der Waals surface area contributed by atoms with Crippen LogP contribution in [-0.2, 0) is 59.2 Å². The molecule has 18 heteroatoms. The van der Waals surface area contributed by atoms with Gasteiger partial charge in [-0.1, -0.05) is 80.6 Å². The van der Waals surface area contributed by atoms with E-state index in [2.05, 4.69) is 21.3 Å². The number of phenolic OH excluding ortho intramolecular Hbond substituents is 3. The van der Waals surface area contributed by atoms with Gasteiger partial charge in [-0.15, -0.1) is 0 Å². The molecule has 2 saturated heterocycles. The molecular weight excluding hydrogens is 899 g/mol. The molecule has 0 bridgehead atoms. The van der Waals surface area contributed by atoms with E-state index in [-0.39, 0.29) is 81.2 Å². The Morgan fingerprint density at radius 1 is 0.529 bits per heavy atom. The van der Waals surface area contributed by atoms with Gasteiger partial charge < -0.3 is 57.2 Å². The molecule has 6 amide bonds. The van der Waals surface area contributed by atoms with Crippen LogP contribution in [0, 0.1) is 5.92 Å². The van der Waals surface area contributed by atoms with Crippen LogP contribution in [0.4, 0.5) is 0 Å². The third-order valence-corrected chi connectivity index (χ3v) is 12.6. The maximum Gasteiger partial charge on any atom is 0.326 e. The Bertz CT molecular complexity index is 2450. The first-order valence-corrected chi connectivity index (χ1v) is 23.6. The topological polar surface area (TPSA) is 281 Å². The van der Waals surface area contributed by atoms with Crippen LogP contribution in [0.2, 0.25) is 0 Å². The lowest BCUT2D eigenvalue weighted by atomic mass is 10.00. The molecule has 0 aliphatic carbocycles. The monoisotopic (exact) mass is 961 g/mol. The standard InChI is InChI=1S/C52H63N7O11/c1-31(2)26-41(55-46(63)39(53)27-32-8-4-3-5-9-32)50(67)58-24-7-11-45(58)49(66)56-42(29-34-14-20-37(61)21-15-34)51(68)59-25-6-10-44(59)48(65)54-40(28-33-12-18-36(60)19-13-33)47(64)57-43(52(69)70)30-35-16-22-38(62)23-17-35/h3-5,8-9,12-23,31,39-45,60-62H,6-7,10-11,24-30,53H2,1-2H3,(H,54,65)(H,55,63)(H,56,66)(H,57,64)(H,69,70)/t39-,40-,41-,42-,43-,44-,45-/m0/s1. The van der Waals surface area contributed by atoms with Gasteiger partial charge in [-0.25, -0.2) is 4.79 Å². The van der Waals surface area contributed by atoms with Gasteiger partial charge in [0, 0.05) is 32.4 Å². The molecular formula is C52H63N7O11. The van der Waals surface area contributed by atoms with Crippen molar-refractivity contribution in [3.63, 3.8) is 0 Å². The number of aromatic hydroxyl groups is 3. The largest absolute Gasteiger partial charge is 0.508 e. The molecule has 4 aromatic carbocycles. The molecule has 0 spiro atoms. The van der Waals surface area contributed by atoms with E-state index in [0.29, 0.717) is 29.5 Å². The van der Waals surface area contributed by atoms with Crippen LogP contribution < -0.4 is 27.0 Å². The molecule has 2 aliphatic rings.